The summed E-state index contributed by atoms with van der Waals surface area (Å²) in [4.78, 5) is 24.7. The summed E-state index contributed by atoms with van der Waals surface area (Å²) in [7, 11) is 0. The maximum absolute atomic E-state index is 12.4. The molecule has 2 aromatic rings. The number of benzene rings is 2. The third-order valence-electron chi connectivity index (χ3n) is 4.31. The summed E-state index contributed by atoms with van der Waals surface area (Å²) in [6.07, 6.45) is 1.18. The molecule has 0 aliphatic heterocycles. The van der Waals surface area contributed by atoms with E-state index in [4.69, 9.17) is 9.47 Å². The van der Waals surface area contributed by atoms with Crippen LogP contribution in [0.15, 0.2) is 48.5 Å². The van der Waals surface area contributed by atoms with Crippen molar-refractivity contribution in [1.29, 1.82) is 0 Å². The van der Waals surface area contributed by atoms with Crippen molar-refractivity contribution < 1.29 is 19.1 Å². The van der Waals surface area contributed by atoms with Gasteiger partial charge in [0, 0.05) is 0 Å². The number of esters is 1. The highest BCUT2D eigenvalue weighted by atomic mass is 16.5. The van der Waals surface area contributed by atoms with Crippen LogP contribution in [0.3, 0.4) is 0 Å². The number of amides is 2. The fourth-order valence-electron chi connectivity index (χ4n) is 2.78. The normalized spacial score (nSPS) is 11.6. The van der Waals surface area contributed by atoms with Gasteiger partial charge in [-0.15, -0.1) is 0 Å². The van der Waals surface area contributed by atoms with E-state index in [1.807, 2.05) is 31.2 Å². The molecule has 6 heteroatoms. The van der Waals surface area contributed by atoms with Crippen LogP contribution in [0.5, 0.6) is 5.75 Å². The summed E-state index contributed by atoms with van der Waals surface area (Å²) in [6.45, 7) is 8.31. The molecule has 0 saturated carbocycles. The lowest BCUT2D eigenvalue weighted by Crippen LogP contribution is -2.40. The van der Waals surface area contributed by atoms with E-state index in [-0.39, 0.29) is 0 Å². The van der Waals surface area contributed by atoms with Gasteiger partial charge in [-0.3, -0.25) is 0 Å². The minimum atomic E-state index is -0.557. The second-order valence-corrected chi connectivity index (χ2v) is 7.09. The molecule has 6 nitrogen and oxygen atoms in total. The standard InChI is InChI=1S/C23H30N2O4/c1-5-6-15-28-22(26)19-12-7-9-13-20(19)25-23(27)24-17(4)29-21-14-10-8-11-18(21)16(2)3/h7-14,16-17H,5-6,15H2,1-4H3,(H2,24,25,27). The van der Waals surface area contributed by atoms with Gasteiger partial charge in [0.15, 0.2) is 6.23 Å². The largest absolute Gasteiger partial charge is 0.471 e. The van der Waals surface area contributed by atoms with Crippen molar-refractivity contribution in [1.82, 2.24) is 5.32 Å². The molecule has 0 heterocycles. The lowest BCUT2D eigenvalue weighted by molar-refractivity contribution is 0.0501. The number of anilines is 1. The monoisotopic (exact) mass is 398 g/mol. The van der Waals surface area contributed by atoms with Crippen LogP contribution in [0.2, 0.25) is 0 Å². The SMILES string of the molecule is CCCCOC(=O)c1ccccc1NC(=O)NC(C)Oc1ccccc1C(C)C. The van der Waals surface area contributed by atoms with E-state index in [0.29, 0.717) is 23.8 Å². The van der Waals surface area contributed by atoms with Gasteiger partial charge in [0.1, 0.15) is 5.75 Å². The van der Waals surface area contributed by atoms with Crippen molar-refractivity contribution in [3.63, 3.8) is 0 Å². The number of carbonyl (C=O) groups is 2. The maximum Gasteiger partial charge on any atom is 0.340 e. The van der Waals surface area contributed by atoms with Gasteiger partial charge in [0.25, 0.3) is 0 Å². The lowest BCUT2D eigenvalue weighted by atomic mass is 10.0. The molecule has 0 spiro atoms. The molecule has 0 aliphatic carbocycles. The van der Waals surface area contributed by atoms with Gasteiger partial charge < -0.3 is 20.1 Å². The van der Waals surface area contributed by atoms with Crippen LogP contribution in [-0.2, 0) is 4.74 Å². The van der Waals surface area contributed by atoms with Gasteiger partial charge in [0.05, 0.1) is 17.9 Å². The van der Waals surface area contributed by atoms with Crippen LogP contribution < -0.4 is 15.4 Å². The Hall–Kier alpha value is -3.02. The van der Waals surface area contributed by atoms with E-state index in [1.165, 1.54) is 0 Å². The van der Waals surface area contributed by atoms with Crippen molar-refractivity contribution in [2.75, 3.05) is 11.9 Å². The second kappa shape index (κ2) is 11.1. The number of nitrogens with one attached hydrogen (secondary N) is 2. The number of hydrogen-bond acceptors (Lipinski definition) is 4. The molecular formula is C23H30N2O4. The summed E-state index contributed by atoms with van der Waals surface area (Å²) in [5.74, 6) is 0.581. The van der Waals surface area contributed by atoms with Crippen molar-refractivity contribution in [2.24, 2.45) is 0 Å². The lowest BCUT2D eigenvalue weighted by Gasteiger charge is -2.20. The summed E-state index contributed by atoms with van der Waals surface area (Å²) in [6, 6.07) is 14.1. The van der Waals surface area contributed by atoms with Crippen molar-refractivity contribution in [2.45, 2.75) is 52.7 Å². The molecule has 0 saturated heterocycles. The number of rotatable bonds is 9. The van der Waals surface area contributed by atoms with Crippen LogP contribution in [-0.4, -0.2) is 24.8 Å². The van der Waals surface area contributed by atoms with E-state index >= 15 is 0 Å². The first-order chi connectivity index (χ1) is 13.9. The molecule has 0 aliphatic rings. The molecule has 156 valence electrons. The molecule has 2 N–H and O–H groups in total. The van der Waals surface area contributed by atoms with Crippen LogP contribution in [0.1, 0.15) is 62.4 Å². The van der Waals surface area contributed by atoms with Gasteiger partial charge in [-0.2, -0.15) is 0 Å². The molecule has 1 unspecified atom stereocenters. The second-order valence-electron chi connectivity index (χ2n) is 7.09. The van der Waals surface area contributed by atoms with E-state index < -0.39 is 18.2 Å². The number of ether oxygens (including phenoxy) is 2. The summed E-state index contributed by atoms with van der Waals surface area (Å²) >= 11 is 0. The zero-order chi connectivity index (χ0) is 21.2. The molecule has 0 fully saturated rings. The fourth-order valence-corrected chi connectivity index (χ4v) is 2.78. The Labute approximate surface area is 172 Å². The topological polar surface area (TPSA) is 76.7 Å². The Morgan fingerprint density at radius 1 is 1.00 bits per heavy atom. The first-order valence-corrected chi connectivity index (χ1v) is 10.0. The number of carbonyl (C=O) groups excluding carboxylic acids is 2. The Balaban J connectivity index is 1.98. The first-order valence-electron chi connectivity index (χ1n) is 10.0. The highest BCUT2D eigenvalue weighted by Crippen LogP contribution is 2.26. The van der Waals surface area contributed by atoms with Crippen molar-refractivity contribution in [3.05, 3.63) is 59.7 Å². The average molecular weight is 399 g/mol. The van der Waals surface area contributed by atoms with Crippen LogP contribution in [0, 0.1) is 0 Å². The Bertz CT molecular complexity index is 820. The van der Waals surface area contributed by atoms with Gasteiger partial charge in [0.2, 0.25) is 0 Å². The highest BCUT2D eigenvalue weighted by Gasteiger charge is 2.16. The smallest absolute Gasteiger partial charge is 0.340 e. The summed E-state index contributed by atoms with van der Waals surface area (Å²) < 4.78 is 11.1. The van der Waals surface area contributed by atoms with Gasteiger partial charge in [-0.1, -0.05) is 57.5 Å². The van der Waals surface area contributed by atoms with Gasteiger partial charge in [-0.05, 0) is 43.0 Å². The first kappa shape index (κ1) is 22.3. The number of urea groups is 1. The van der Waals surface area contributed by atoms with Crippen LogP contribution in [0.25, 0.3) is 0 Å². The molecule has 2 aromatic carbocycles. The van der Waals surface area contributed by atoms with Gasteiger partial charge >= 0.3 is 12.0 Å². The van der Waals surface area contributed by atoms with Gasteiger partial charge in [-0.25, -0.2) is 9.59 Å². The number of hydrogen-bond donors (Lipinski definition) is 2. The molecule has 2 amide bonds. The summed E-state index contributed by atoms with van der Waals surface area (Å²) in [5, 5.41) is 5.44. The zero-order valence-corrected chi connectivity index (χ0v) is 17.5. The fraction of sp³-hybridized carbons (Fsp3) is 0.391. The minimum Gasteiger partial charge on any atom is -0.471 e. The number of para-hydroxylation sites is 2. The molecular weight excluding hydrogens is 368 g/mol. The zero-order valence-electron chi connectivity index (χ0n) is 17.5. The predicted octanol–water partition coefficient (Wildman–Crippen LogP) is 5.31. The van der Waals surface area contributed by atoms with E-state index in [1.54, 1.807) is 31.2 Å². The molecule has 2 rings (SSSR count). The Morgan fingerprint density at radius 2 is 1.69 bits per heavy atom. The molecule has 29 heavy (non-hydrogen) atoms. The third kappa shape index (κ3) is 6.82. The molecule has 0 bridgehead atoms. The molecule has 0 aromatic heterocycles. The van der Waals surface area contributed by atoms with Crippen LogP contribution >= 0.6 is 0 Å². The minimum absolute atomic E-state index is 0.304. The van der Waals surface area contributed by atoms with Crippen molar-refractivity contribution >= 4 is 17.7 Å². The third-order valence-corrected chi connectivity index (χ3v) is 4.31. The van der Waals surface area contributed by atoms with E-state index in [9.17, 15) is 9.59 Å². The average Bonchev–Trinajstić information content (AvgIpc) is 2.68. The quantitative estimate of drug-likeness (QED) is 0.341. The Morgan fingerprint density at radius 3 is 2.41 bits per heavy atom. The van der Waals surface area contributed by atoms with Crippen molar-refractivity contribution in [3.8, 4) is 5.75 Å². The number of unbranched alkanes of at least 4 members (excludes halogenated alkanes) is 1. The predicted molar refractivity (Wildman–Crippen MR) is 114 cm³/mol. The highest BCUT2D eigenvalue weighted by molar-refractivity contribution is 6.00. The molecule has 1 atom stereocenters. The van der Waals surface area contributed by atoms with Crippen LogP contribution in [0.4, 0.5) is 10.5 Å². The molecule has 0 radical (unpaired) electrons. The summed E-state index contributed by atoms with van der Waals surface area (Å²) in [5.41, 5.74) is 1.78. The Kier molecular flexibility index (Phi) is 8.52. The van der Waals surface area contributed by atoms with E-state index in [2.05, 4.69) is 24.5 Å². The van der Waals surface area contributed by atoms with E-state index in [0.717, 1.165) is 24.2 Å². The maximum atomic E-state index is 12.4.